The van der Waals surface area contributed by atoms with E-state index >= 15 is 0 Å². The highest BCUT2D eigenvalue weighted by atomic mass is 19.2. The Labute approximate surface area is 152 Å². The average molecular weight is 357 g/mol. The highest BCUT2D eigenvalue weighted by Crippen LogP contribution is 2.25. The van der Waals surface area contributed by atoms with Gasteiger partial charge in [0.1, 0.15) is 17.7 Å². The molecule has 0 unspecified atom stereocenters. The van der Waals surface area contributed by atoms with Crippen molar-refractivity contribution in [3.05, 3.63) is 76.4 Å². The lowest BCUT2D eigenvalue weighted by atomic mass is 10.0. The largest absolute Gasteiger partial charge is 0.209 e. The van der Waals surface area contributed by atoms with Crippen LogP contribution in [-0.2, 0) is 12.8 Å². The van der Waals surface area contributed by atoms with E-state index in [1.807, 2.05) is 6.92 Å². The van der Waals surface area contributed by atoms with E-state index in [1.165, 1.54) is 12.1 Å². The van der Waals surface area contributed by atoms with Gasteiger partial charge in [-0.25, -0.2) is 13.2 Å². The van der Waals surface area contributed by atoms with Crippen LogP contribution in [0.2, 0.25) is 0 Å². The second kappa shape index (κ2) is 9.82. The van der Waals surface area contributed by atoms with Crippen LogP contribution in [0.4, 0.5) is 13.2 Å². The third-order valence-corrected chi connectivity index (χ3v) is 4.30. The van der Waals surface area contributed by atoms with Crippen LogP contribution in [-0.4, -0.2) is 0 Å². The summed E-state index contributed by atoms with van der Waals surface area (Å²) in [7, 11) is 0. The Morgan fingerprint density at radius 3 is 2.23 bits per heavy atom. The van der Waals surface area contributed by atoms with Gasteiger partial charge in [0.25, 0.3) is 0 Å². The maximum atomic E-state index is 14.1. The Bertz CT molecular complexity index is 801. The van der Waals surface area contributed by atoms with Crippen molar-refractivity contribution in [2.75, 3.05) is 0 Å². The van der Waals surface area contributed by atoms with Gasteiger partial charge in [0.15, 0.2) is 5.83 Å². The summed E-state index contributed by atoms with van der Waals surface area (Å²) in [6, 6.07) is 13.0. The molecule has 0 aliphatic carbocycles. The number of nitrogens with zero attached hydrogens (tertiary/aromatic N) is 1. The first-order chi connectivity index (χ1) is 12.5. The third kappa shape index (κ3) is 5.49. The summed E-state index contributed by atoms with van der Waals surface area (Å²) in [5.74, 6) is -2.01. The first-order valence-corrected chi connectivity index (χ1v) is 8.87. The lowest BCUT2D eigenvalue weighted by Gasteiger charge is -2.06. The lowest BCUT2D eigenvalue weighted by molar-refractivity contribution is 0.541. The quantitative estimate of drug-likeness (QED) is 0.484. The van der Waals surface area contributed by atoms with Crippen LogP contribution in [0.3, 0.4) is 0 Å². The zero-order valence-electron chi connectivity index (χ0n) is 14.9. The van der Waals surface area contributed by atoms with Gasteiger partial charge >= 0.3 is 0 Å². The number of aryl methyl sites for hydroxylation is 2. The Morgan fingerprint density at radius 2 is 1.62 bits per heavy atom. The van der Waals surface area contributed by atoms with Crippen molar-refractivity contribution in [2.45, 2.75) is 45.4 Å². The number of hydrogen-bond donors (Lipinski definition) is 0. The zero-order valence-corrected chi connectivity index (χ0v) is 14.9. The van der Waals surface area contributed by atoms with Crippen molar-refractivity contribution in [1.82, 2.24) is 0 Å². The monoisotopic (exact) mass is 357 g/mol. The molecule has 136 valence electrons. The first kappa shape index (κ1) is 19.8. The molecule has 0 heterocycles. The van der Waals surface area contributed by atoms with Crippen molar-refractivity contribution >= 4 is 5.83 Å². The van der Waals surface area contributed by atoms with Crippen molar-refractivity contribution in [3.63, 3.8) is 0 Å². The van der Waals surface area contributed by atoms with Crippen LogP contribution < -0.4 is 0 Å². The molecule has 0 radical (unpaired) electrons. The van der Waals surface area contributed by atoms with E-state index in [4.69, 9.17) is 5.26 Å². The van der Waals surface area contributed by atoms with Gasteiger partial charge in [-0.2, -0.15) is 5.26 Å². The third-order valence-electron chi connectivity index (χ3n) is 4.30. The SMILES string of the molecule is CCCCC/C(F)=C(/F)c1ccc(CCc2ccc(C#N)c(F)c2)cc1. The minimum Gasteiger partial charge on any atom is -0.209 e. The second-order valence-corrected chi connectivity index (χ2v) is 6.30. The molecule has 2 rings (SSSR count). The van der Waals surface area contributed by atoms with Gasteiger partial charge in [0, 0.05) is 12.0 Å². The molecule has 0 spiro atoms. The number of allylic oxidation sites excluding steroid dienone is 1. The summed E-state index contributed by atoms with van der Waals surface area (Å²) < 4.78 is 41.5. The smallest absolute Gasteiger partial charge is 0.161 e. The van der Waals surface area contributed by atoms with Crippen molar-refractivity contribution in [2.24, 2.45) is 0 Å². The van der Waals surface area contributed by atoms with Gasteiger partial charge in [0.05, 0.1) is 5.56 Å². The molecule has 0 atom stereocenters. The minimum absolute atomic E-state index is 0.0290. The molecule has 26 heavy (non-hydrogen) atoms. The average Bonchev–Trinajstić information content (AvgIpc) is 2.66. The van der Waals surface area contributed by atoms with E-state index in [0.717, 1.165) is 24.0 Å². The minimum atomic E-state index is -0.790. The van der Waals surface area contributed by atoms with Crippen LogP contribution >= 0.6 is 0 Å². The summed E-state index contributed by atoms with van der Waals surface area (Å²) in [6.07, 6.45) is 3.88. The fourth-order valence-corrected chi connectivity index (χ4v) is 2.71. The van der Waals surface area contributed by atoms with Crippen LogP contribution in [0, 0.1) is 17.1 Å². The Hall–Kier alpha value is -2.54. The highest BCUT2D eigenvalue weighted by molar-refractivity contribution is 5.61. The first-order valence-electron chi connectivity index (χ1n) is 8.87. The van der Waals surface area contributed by atoms with E-state index in [0.29, 0.717) is 19.3 Å². The van der Waals surface area contributed by atoms with Gasteiger partial charge in [-0.15, -0.1) is 0 Å². The standard InChI is InChI=1S/C22H22F3N/c1-2-3-4-5-20(23)22(25)18-11-8-16(9-12-18)6-7-17-10-13-19(15-26)21(24)14-17/h8-14H,2-7H2,1H3/b22-20-. The molecule has 1 nitrogen and oxygen atoms in total. The van der Waals surface area contributed by atoms with E-state index in [-0.39, 0.29) is 17.5 Å². The molecule has 0 saturated carbocycles. The predicted octanol–water partition coefficient (Wildman–Crippen LogP) is 6.67. The molecule has 4 heteroatoms. The maximum Gasteiger partial charge on any atom is 0.161 e. The van der Waals surface area contributed by atoms with Gasteiger partial charge in [-0.05, 0) is 42.5 Å². The van der Waals surface area contributed by atoms with Crippen molar-refractivity contribution in [3.8, 4) is 6.07 Å². The molecule has 2 aromatic carbocycles. The molecule has 0 fully saturated rings. The topological polar surface area (TPSA) is 23.8 Å². The van der Waals surface area contributed by atoms with Crippen LogP contribution in [0.15, 0.2) is 48.3 Å². The molecule has 0 bridgehead atoms. The van der Waals surface area contributed by atoms with Crippen LogP contribution in [0.5, 0.6) is 0 Å². The number of halogens is 3. The van der Waals surface area contributed by atoms with E-state index in [2.05, 4.69) is 0 Å². The maximum absolute atomic E-state index is 14.1. The molecule has 0 saturated heterocycles. The molecule has 0 aliphatic rings. The van der Waals surface area contributed by atoms with E-state index in [1.54, 1.807) is 36.4 Å². The molecule has 2 aromatic rings. The van der Waals surface area contributed by atoms with Crippen molar-refractivity contribution < 1.29 is 13.2 Å². The Balaban J connectivity index is 1.98. The normalized spacial score (nSPS) is 11.8. The van der Waals surface area contributed by atoms with Crippen LogP contribution in [0.25, 0.3) is 5.83 Å². The Morgan fingerprint density at radius 1 is 0.962 bits per heavy atom. The number of unbranched alkanes of at least 4 members (excludes halogenated alkanes) is 2. The van der Waals surface area contributed by atoms with Crippen molar-refractivity contribution in [1.29, 1.82) is 5.26 Å². The molecule has 0 amide bonds. The van der Waals surface area contributed by atoms with E-state index in [9.17, 15) is 13.2 Å². The van der Waals surface area contributed by atoms with Gasteiger partial charge < -0.3 is 0 Å². The fraction of sp³-hybridized carbons (Fsp3) is 0.318. The highest BCUT2D eigenvalue weighted by Gasteiger charge is 2.09. The number of nitriles is 1. The van der Waals surface area contributed by atoms with E-state index < -0.39 is 17.5 Å². The van der Waals surface area contributed by atoms with Crippen LogP contribution in [0.1, 0.15) is 54.9 Å². The molecular weight excluding hydrogens is 335 g/mol. The predicted molar refractivity (Wildman–Crippen MR) is 98.2 cm³/mol. The molecular formula is C22H22F3N. The molecule has 0 aliphatic heterocycles. The van der Waals surface area contributed by atoms with Gasteiger partial charge in [-0.1, -0.05) is 50.1 Å². The summed E-state index contributed by atoms with van der Waals surface area (Å²) in [6.45, 7) is 2.02. The molecule has 0 aromatic heterocycles. The fourth-order valence-electron chi connectivity index (χ4n) is 2.71. The lowest BCUT2D eigenvalue weighted by Crippen LogP contribution is -1.94. The number of hydrogen-bond acceptors (Lipinski definition) is 1. The second-order valence-electron chi connectivity index (χ2n) is 6.30. The summed E-state index contributed by atoms with van der Waals surface area (Å²) in [5.41, 5.74) is 2.02. The summed E-state index contributed by atoms with van der Waals surface area (Å²) in [5, 5.41) is 8.74. The molecule has 0 N–H and O–H groups in total. The van der Waals surface area contributed by atoms with Gasteiger partial charge in [-0.3, -0.25) is 0 Å². The summed E-state index contributed by atoms with van der Waals surface area (Å²) >= 11 is 0. The summed E-state index contributed by atoms with van der Waals surface area (Å²) in [4.78, 5) is 0. The van der Waals surface area contributed by atoms with Gasteiger partial charge in [0.2, 0.25) is 0 Å². The Kier molecular flexibility index (Phi) is 7.47. The number of rotatable bonds is 8. The zero-order chi connectivity index (χ0) is 18.9. The number of benzene rings is 2.